The molecule has 0 spiro atoms. The maximum Gasteiger partial charge on any atom is 0.172 e. The Morgan fingerprint density at radius 1 is 1.24 bits per heavy atom. The van der Waals surface area contributed by atoms with Gasteiger partial charge in [-0.15, -0.1) is 0 Å². The summed E-state index contributed by atoms with van der Waals surface area (Å²) < 4.78 is 5.82. The molecule has 4 heteroatoms. The Kier molecular flexibility index (Phi) is 5.65. The first-order valence-corrected chi connectivity index (χ1v) is 7.78. The highest BCUT2D eigenvalue weighted by molar-refractivity contribution is 9.10. The molecule has 0 aliphatic carbocycles. The van der Waals surface area contributed by atoms with E-state index in [-0.39, 0.29) is 5.75 Å². The topological polar surface area (TPSA) is 41.5 Å². The highest BCUT2D eigenvalue weighted by Crippen LogP contribution is 2.35. The first-order chi connectivity index (χ1) is 10.2. The minimum Gasteiger partial charge on any atom is -0.503 e. The maximum absolute atomic E-state index is 9.83. The van der Waals surface area contributed by atoms with Gasteiger partial charge in [0.25, 0.3) is 0 Å². The third-order valence-electron chi connectivity index (χ3n) is 3.47. The van der Waals surface area contributed by atoms with E-state index in [9.17, 15) is 5.11 Å². The molecule has 0 heterocycles. The number of phenolic OH excluding ortho intramolecular Hbond substituents is 1. The molecule has 0 saturated heterocycles. The van der Waals surface area contributed by atoms with E-state index in [0.717, 1.165) is 12.0 Å². The minimum atomic E-state index is 0.136. The van der Waals surface area contributed by atoms with Crippen molar-refractivity contribution in [3.05, 3.63) is 58.1 Å². The molecule has 0 radical (unpaired) electrons. The summed E-state index contributed by atoms with van der Waals surface area (Å²) in [4.78, 5) is 0. The van der Waals surface area contributed by atoms with Gasteiger partial charge in [0.15, 0.2) is 11.5 Å². The highest BCUT2D eigenvalue weighted by atomic mass is 79.9. The van der Waals surface area contributed by atoms with Gasteiger partial charge >= 0.3 is 0 Å². The summed E-state index contributed by atoms with van der Waals surface area (Å²) in [6.07, 6.45) is 1.01. The van der Waals surface area contributed by atoms with Crippen LogP contribution in [0.3, 0.4) is 0 Å². The fraction of sp³-hybridized carbons (Fsp3) is 0.294. The summed E-state index contributed by atoms with van der Waals surface area (Å²) in [5, 5.41) is 13.4. The molecule has 0 saturated carbocycles. The van der Waals surface area contributed by atoms with E-state index in [4.69, 9.17) is 4.74 Å². The Balaban J connectivity index is 2.10. The van der Waals surface area contributed by atoms with Crippen molar-refractivity contribution in [3.8, 4) is 11.5 Å². The van der Waals surface area contributed by atoms with Crippen LogP contribution in [0.15, 0.2) is 46.9 Å². The van der Waals surface area contributed by atoms with Crippen molar-refractivity contribution in [1.29, 1.82) is 0 Å². The molecule has 0 bridgehead atoms. The zero-order valence-corrected chi connectivity index (χ0v) is 13.9. The maximum atomic E-state index is 9.83. The molecule has 1 unspecified atom stereocenters. The SMILES string of the molecule is CCC(NCc1cc(Br)c(O)c(OC)c1)c1ccccc1. The Labute approximate surface area is 134 Å². The lowest BCUT2D eigenvalue weighted by Gasteiger charge is -2.18. The molecule has 2 N–H and O–H groups in total. The number of aromatic hydroxyl groups is 1. The van der Waals surface area contributed by atoms with Gasteiger partial charge in [-0.05, 0) is 45.6 Å². The van der Waals surface area contributed by atoms with Crippen LogP contribution < -0.4 is 10.1 Å². The van der Waals surface area contributed by atoms with Gasteiger partial charge < -0.3 is 15.2 Å². The number of halogens is 1. The second-order valence-corrected chi connectivity index (χ2v) is 5.74. The molecule has 0 aliphatic rings. The molecule has 0 fully saturated rings. The number of hydrogen-bond acceptors (Lipinski definition) is 3. The smallest absolute Gasteiger partial charge is 0.172 e. The van der Waals surface area contributed by atoms with Crippen LogP contribution in [0.2, 0.25) is 0 Å². The molecule has 0 aliphatic heterocycles. The van der Waals surface area contributed by atoms with E-state index >= 15 is 0 Å². The summed E-state index contributed by atoms with van der Waals surface area (Å²) >= 11 is 3.35. The van der Waals surface area contributed by atoms with E-state index in [0.29, 0.717) is 22.8 Å². The number of benzene rings is 2. The average molecular weight is 350 g/mol. The molecule has 1 atom stereocenters. The molecular weight excluding hydrogens is 330 g/mol. The van der Waals surface area contributed by atoms with Crippen molar-refractivity contribution in [3.63, 3.8) is 0 Å². The van der Waals surface area contributed by atoms with Gasteiger partial charge in [-0.25, -0.2) is 0 Å². The molecule has 3 nitrogen and oxygen atoms in total. The lowest BCUT2D eigenvalue weighted by Crippen LogP contribution is -2.20. The summed E-state index contributed by atoms with van der Waals surface area (Å²) in [6, 6.07) is 14.5. The van der Waals surface area contributed by atoms with Crippen molar-refractivity contribution in [2.75, 3.05) is 7.11 Å². The Morgan fingerprint density at radius 2 is 1.95 bits per heavy atom. The predicted molar refractivity (Wildman–Crippen MR) is 88.7 cm³/mol. The lowest BCUT2D eigenvalue weighted by atomic mass is 10.0. The number of phenols is 1. The number of nitrogens with one attached hydrogen (secondary N) is 1. The molecular formula is C17H20BrNO2. The number of ether oxygens (including phenoxy) is 1. The molecule has 2 aromatic rings. The number of methoxy groups -OCH3 is 1. The fourth-order valence-electron chi connectivity index (χ4n) is 2.31. The van der Waals surface area contributed by atoms with Crippen LogP contribution in [-0.2, 0) is 6.54 Å². The molecule has 2 aromatic carbocycles. The quantitative estimate of drug-likeness (QED) is 0.811. The van der Waals surface area contributed by atoms with Crippen LogP contribution in [0.25, 0.3) is 0 Å². The monoisotopic (exact) mass is 349 g/mol. The average Bonchev–Trinajstić information content (AvgIpc) is 2.52. The molecule has 112 valence electrons. The van der Waals surface area contributed by atoms with Crippen LogP contribution in [0.1, 0.15) is 30.5 Å². The van der Waals surface area contributed by atoms with Crippen molar-refractivity contribution in [1.82, 2.24) is 5.32 Å². The van der Waals surface area contributed by atoms with Crippen molar-refractivity contribution < 1.29 is 9.84 Å². The highest BCUT2D eigenvalue weighted by Gasteiger charge is 2.11. The predicted octanol–water partition coefficient (Wildman–Crippen LogP) is 4.40. The second kappa shape index (κ2) is 7.48. The number of rotatable bonds is 6. The van der Waals surface area contributed by atoms with Gasteiger partial charge in [0, 0.05) is 12.6 Å². The van der Waals surface area contributed by atoms with Crippen molar-refractivity contribution in [2.24, 2.45) is 0 Å². The van der Waals surface area contributed by atoms with E-state index in [1.54, 1.807) is 7.11 Å². The summed E-state index contributed by atoms with van der Waals surface area (Å²) in [5.41, 5.74) is 2.34. The lowest BCUT2D eigenvalue weighted by molar-refractivity contribution is 0.371. The summed E-state index contributed by atoms with van der Waals surface area (Å²) in [7, 11) is 1.55. The fourth-order valence-corrected chi connectivity index (χ4v) is 2.80. The van der Waals surface area contributed by atoms with E-state index in [1.165, 1.54) is 5.56 Å². The van der Waals surface area contributed by atoms with Gasteiger partial charge in [-0.1, -0.05) is 37.3 Å². The van der Waals surface area contributed by atoms with Gasteiger partial charge in [0.2, 0.25) is 0 Å². The third kappa shape index (κ3) is 3.99. The standard InChI is InChI=1S/C17H20BrNO2/c1-3-15(13-7-5-4-6-8-13)19-11-12-9-14(18)17(20)16(10-12)21-2/h4-10,15,19-20H,3,11H2,1-2H3. The molecule has 21 heavy (non-hydrogen) atoms. The number of hydrogen-bond donors (Lipinski definition) is 2. The second-order valence-electron chi connectivity index (χ2n) is 4.88. The summed E-state index contributed by atoms with van der Waals surface area (Å²) in [6.45, 7) is 2.88. The Hall–Kier alpha value is -1.52. The Morgan fingerprint density at radius 3 is 2.57 bits per heavy atom. The van der Waals surface area contributed by atoms with Gasteiger partial charge in [-0.2, -0.15) is 0 Å². The van der Waals surface area contributed by atoms with Crippen LogP contribution in [0.5, 0.6) is 11.5 Å². The van der Waals surface area contributed by atoms with E-state index in [2.05, 4.69) is 52.4 Å². The normalized spacial score (nSPS) is 12.1. The summed E-state index contributed by atoms with van der Waals surface area (Å²) in [5.74, 6) is 0.616. The van der Waals surface area contributed by atoms with Gasteiger partial charge in [-0.3, -0.25) is 0 Å². The van der Waals surface area contributed by atoms with Crippen LogP contribution in [-0.4, -0.2) is 12.2 Å². The van der Waals surface area contributed by atoms with Crippen LogP contribution >= 0.6 is 15.9 Å². The van der Waals surface area contributed by atoms with Gasteiger partial charge in [0.05, 0.1) is 11.6 Å². The van der Waals surface area contributed by atoms with Gasteiger partial charge in [0.1, 0.15) is 0 Å². The van der Waals surface area contributed by atoms with Crippen LogP contribution in [0, 0.1) is 0 Å². The zero-order chi connectivity index (χ0) is 15.2. The zero-order valence-electron chi connectivity index (χ0n) is 12.3. The molecule has 2 rings (SSSR count). The Bertz CT molecular complexity index is 587. The minimum absolute atomic E-state index is 0.136. The van der Waals surface area contributed by atoms with E-state index < -0.39 is 0 Å². The first-order valence-electron chi connectivity index (χ1n) is 6.99. The van der Waals surface area contributed by atoms with E-state index in [1.807, 2.05) is 18.2 Å². The third-order valence-corrected chi connectivity index (χ3v) is 4.08. The molecule has 0 amide bonds. The van der Waals surface area contributed by atoms with Crippen molar-refractivity contribution in [2.45, 2.75) is 25.9 Å². The van der Waals surface area contributed by atoms with Crippen molar-refractivity contribution >= 4 is 15.9 Å². The largest absolute Gasteiger partial charge is 0.503 e. The van der Waals surface area contributed by atoms with Crippen LogP contribution in [0.4, 0.5) is 0 Å². The first kappa shape index (κ1) is 15.9. The molecule has 0 aromatic heterocycles.